The highest BCUT2D eigenvalue weighted by Crippen LogP contribution is 2.20. The topological polar surface area (TPSA) is 42.7 Å². The fourth-order valence-electron chi connectivity index (χ4n) is 2.28. The van der Waals surface area contributed by atoms with E-state index in [-0.39, 0.29) is 5.97 Å². The van der Waals surface area contributed by atoms with E-state index >= 15 is 0 Å². The van der Waals surface area contributed by atoms with Gasteiger partial charge in [0.25, 0.3) is 0 Å². The number of benzene rings is 1. The zero-order chi connectivity index (χ0) is 16.5. The van der Waals surface area contributed by atoms with E-state index in [1.165, 1.54) is 0 Å². The van der Waals surface area contributed by atoms with E-state index in [4.69, 9.17) is 9.15 Å². The van der Waals surface area contributed by atoms with E-state index in [1.54, 1.807) is 18.4 Å². The fraction of sp³-hybridized carbons (Fsp3) is 0.316. The Labute approximate surface area is 137 Å². The fourth-order valence-corrected chi connectivity index (χ4v) is 2.28. The number of esters is 1. The highest BCUT2D eigenvalue weighted by molar-refractivity contribution is 6.21. The van der Waals surface area contributed by atoms with Crippen LogP contribution in [0.25, 0.3) is 11.6 Å². The first kappa shape index (κ1) is 17.0. The summed E-state index contributed by atoms with van der Waals surface area (Å²) in [6.07, 6.45) is 3.30. The van der Waals surface area contributed by atoms with Crippen LogP contribution >= 0.6 is 0 Å². The number of hydrogen-bond acceptors (Lipinski definition) is 4. The summed E-state index contributed by atoms with van der Waals surface area (Å²) in [4.78, 5) is 14.7. The molecule has 23 heavy (non-hydrogen) atoms. The predicted molar refractivity (Wildman–Crippen MR) is 91.8 cm³/mol. The lowest BCUT2D eigenvalue weighted by atomic mass is 10.1. The van der Waals surface area contributed by atoms with Crippen LogP contribution in [0.2, 0.25) is 0 Å². The summed E-state index contributed by atoms with van der Waals surface area (Å²) in [5.74, 6) is 0.296. The normalized spacial score (nSPS) is 11.7. The highest BCUT2D eigenvalue weighted by Gasteiger charge is 2.14. The Morgan fingerprint density at radius 2 is 1.87 bits per heavy atom. The van der Waals surface area contributed by atoms with Gasteiger partial charge < -0.3 is 14.1 Å². The quantitative estimate of drug-likeness (QED) is 0.550. The first-order chi connectivity index (χ1) is 11.2. The van der Waals surface area contributed by atoms with Crippen molar-refractivity contribution in [3.8, 4) is 0 Å². The van der Waals surface area contributed by atoms with Gasteiger partial charge in [0, 0.05) is 6.54 Å². The van der Waals surface area contributed by atoms with Gasteiger partial charge in [0.1, 0.15) is 12.4 Å². The minimum absolute atomic E-state index is 0.334. The second-order valence-electron chi connectivity index (χ2n) is 5.10. The molecule has 4 nitrogen and oxygen atoms in total. The summed E-state index contributed by atoms with van der Waals surface area (Å²) < 4.78 is 10.8. The van der Waals surface area contributed by atoms with Crippen LogP contribution in [-0.4, -0.2) is 37.1 Å². The molecule has 1 aromatic carbocycles. The molecule has 0 aliphatic heterocycles. The molecule has 0 atom stereocenters. The summed E-state index contributed by atoms with van der Waals surface area (Å²) in [5, 5.41) is 0. The van der Waals surface area contributed by atoms with Crippen molar-refractivity contribution in [2.45, 2.75) is 13.8 Å². The molecule has 0 amide bonds. The Bertz CT molecular complexity index is 613. The Kier molecular flexibility index (Phi) is 6.63. The summed E-state index contributed by atoms with van der Waals surface area (Å²) in [6, 6.07) is 13.1. The van der Waals surface area contributed by atoms with Gasteiger partial charge >= 0.3 is 5.97 Å². The SMILES string of the molecule is CCN(CC)CCOC(=O)/C(=C/c1ccco1)c1ccccc1. The van der Waals surface area contributed by atoms with Crippen LogP contribution in [-0.2, 0) is 9.53 Å². The number of carbonyl (C=O) groups excluding carboxylic acids is 1. The molecule has 0 N–H and O–H groups in total. The van der Waals surface area contributed by atoms with Crippen molar-refractivity contribution in [3.05, 3.63) is 60.1 Å². The largest absolute Gasteiger partial charge is 0.465 e. The summed E-state index contributed by atoms with van der Waals surface area (Å²) in [5.41, 5.74) is 1.32. The molecule has 0 aliphatic carbocycles. The van der Waals surface area contributed by atoms with Gasteiger partial charge in [-0.3, -0.25) is 0 Å². The average molecular weight is 313 g/mol. The van der Waals surface area contributed by atoms with E-state index in [2.05, 4.69) is 18.7 Å². The van der Waals surface area contributed by atoms with Crippen LogP contribution in [0, 0.1) is 0 Å². The minimum atomic E-state index is -0.334. The number of hydrogen-bond donors (Lipinski definition) is 0. The van der Waals surface area contributed by atoms with Crippen LogP contribution in [0.3, 0.4) is 0 Å². The number of nitrogens with zero attached hydrogens (tertiary/aromatic N) is 1. The van der Waals surface area contributed by atoms with E-state index in [0.717, 1.165) is 25.2 Å². The van der Waals surface area contributed by atoms with Crippen molar-refractivity contribution >= 4 is 17.6 Å². The zero-order valence-corrected chi connectivity index (χ0v) is 13.7. The molecule has 1 aromatic heterocycles. The molecule has 122 valence electrons. The van der Waals surface area contributed by atoms with Gasteiger partial charge in [-0.25, -0.2) is 4.79 Å². The molecule has 0 unspecified atom stereocenters. The number of ether oxygens (including phenoxy) is 1. The van der Waals surface area contributed by atoms with Gasteiger partial charge in [0.05, 0.1) is 11.8 Å². The molecule has 0 saturated carbocycles. The molecule has 0 saturated heterocycles. The number of carbonyl (C=O) groups is 1. The molecule has 0 spiro atoms. The second kappa shape index (κ2) is 8.96. The predicted octanol–water partition coefficient (Wildman–Crippen LogP) is 3.71. The van der Waals surface area contributed by atoms with Crippen LogP contribution in [0.15, 0.2) is 53.1 Å². The summed E-state index contributed by atoms with van der Waals surface area (Å²) >= 11 is 0. The lowest BCUT2D eigenvalue weighted by Crippen LogP contribution is -2.28. The lowest BCUT2D eigenvalue weighted by Gasteiger charge is -2.17. The number of likely N-dealkylation sites (N-methyl/N-ethyl adjacent to an activating group) is 1. The van der Waals surface area contributed by atoms with Crippen molar-refractivity contribution < 1.29 is 13.9 Å². The minimum Gasteiger partial charge on any atom is -0.465 e. The monoisotopic (exact) mass is 313 g/mol. The third-order valence-electron chi connectivity index (χ3n) is 3.67. The van der Waals surface area contributed by atoms with Crippen LogP contribution in [0.5, 0.6) is 0 Å². The van der Waals surface area contributed by atoms with Crippen molar-refractivity contribution in [2.75, 3.05) is 26.2 Å². The first-order valence-corrected chi connectivity index (χ1v) is 7.94. The lowest BCUT2D eigenvalue weighted by molar-refractivity contribution is -0.136. The maximum atomic E-state index is 12.5. The number of rotatable bonds is 8. The van der Waals surface area contributed by atoms with Crippen LogP contribution < -0.4 is 0 Å². The summed E-state index contributed by atoms with van der Waals surface area (Å²) in [6.45, 7) is 7.20. The molecule has 2 aromatic rings. The van der Waals surface area contributed by atoms with Crippen LogP contribution in [0.4, 0.5) is 0 Å². The Morgan fingerprint density at radius 1 is 1.13 bits per heavy atom. The van der Waals surface area contributed by atoms with Crippen molar-refractivity contribution in [2.24, 2.45) is 0 Å². The third kappa shape index (κ3) is 5.11. The van der Waals surface area contributed by atoms with E-state index in [9.17, 15) is 4.79 Å². The van der Waals surface area contributed by atoms with Gasteiger partial charge in [0.2, 0.25) is 0 Å². The molecular formula is C19H23NO3. The molecule has 0 aliphatic rings. The Morgan fingerprint density at radius 3 is 2.48 bits per heavy atom. The standard InChI is InChI=1S/C19H23NO3/c1-3-20(4-2)12-14-23-19(21)18(15-17-11-8-13-22-17)16-9-6-5-7-10-16/h5-11,13,15H,3-4,12,14H2,1-2H3/b18-15+. The average Bonchev–Trinajstić information content (AvgIpc) is 3.10. The molecule has 4 heteroatoms. The van der Waals surface area contributed by atoms with Gasteiger partial charge in [0.15, 0.2) is 0 Å². The van der Waals surface area contributed by atoms with Gasteiger partial charge in [-0.05, 0) is 36.9 Å². The van der Waals surface area contributed by atoms with Gasteiger partial charge in [-0.2, -0.15) is 0 Å². The van der Waals surface area contributed by atoms with Crippen molar-refractivity contribution in [1.82, 2.24) is 4.90 Å². The van der Waals surface area contributed by atoms with Crippen molar-refractivity contribution in [3.63, 3.8) is 0 Å². The van der Waals surface area contributed by atoms with Crippen molar-refractivity contribution in [1.29, 1.82) is 0 Å². The first-order valence-electron chi connectivity index (χ1n) is 7.94. The number of furan rings is 1. The van der Waals surface area contributed by atoms with Gasteiger partial charge in [-0.1, -0.05) is 44.2 Å². The smallest absolute Gasteiger partial charge is 0.338 e. The zero-order valence-electron chi connectivity index (χ0n) is 13.7. The summed E-state index contributed by atoms with van der Waals surface area (Å²) in [7, 11) is 0. The Balaban J connectivity index is 2.10. The second-order valence-corrected chi connectivity index (χ2v) is 5.10. The molecule has 0 radical (unpaired) electrons. The molecule has 1 heterocycles. The van der Waals surface area contributed by atoms with E-state index < -0.39 is 0 Å². The maximum Gasteiger partial charge on any atom is 0.338 e. The molecule has 0 fully saturated rings. The molecular weight excluding hydrogens is 290 g/mol. The van der Waals surface area contributed by atoms with E-state index in [1.807, 2.05) is 36.4 Å². The van der Waals surface area contributed by atoms with Crippen LogP contribution in [0.1, 0.15) is 25.2 Å². The van der Waals surface area contributed by atoms with Gasteiger partial charge in [-0.15, -0.1) is 0 Å². The molecule has 0 bridgehead atoms. The third-order valence-corrected chi connectivity index (χ3v) is 3.67. The van der Waals surface area contributed by atoms with E-state index in [0.29, 0.717) is 17.9 Å². The Hall–Kier alpha value is -2.33. The maximum absolute atomic E-state index is 12.5. The molecule has 2 rings (SSSR count). The highest BCUT2D eigenvalue weighted by atomic mass is 16.5.